The molecule has 2 fully saturated rings. The molecule has 1 aliphatic heterocycles. The summed E-state index contributed by atoms with van der Waals surface area (Å²) >= 11 is 6.50. The quantitative estimate of drug-likeness (QED) is 0.565. The summed E-state index contributed by atoms with van der Waals surface area (Å²) in [4.78, 5) is 0. The standard InChI is InChI=1S/C26H31ClO5/c27-20-5-4-17(25-24(31)23(30)22(29)21(14-28)32-25)12-19(20)11-15-2-3-18-13-26(7-1-8-26)9-6-16(18)10-15/h2-5,10,12,21-25,28-31H,1,6-9,11,13-14H2/t21-,22-,23+,24-,25+/m1/s1. The Morgan fingerprint density at radius 2 is 1.75 bits per heavy atom. The van der Waals surface area contributed by atoms with E-state index >= 15 is 0 Å². The number of aliphatic hydroxyl groups excluding tert-OH is 4. The Morgan fingerprint density at radius 3 is 2.47 bits per heavy atom. The van der Waals surface area contributed by atoms with Crippen molar-refractivity contribution in [1.82, 2.24) is 0 Å². The summed E-state index contributed by atoms with van der Waals surface area (Å²) in [5.41, 5.74) is 6.26. The second-order valence-electron chi connectivity index (χ2n) is 9.91. The van der Waals surface area contributed by atoms with Crippen LogP contribution in [-0.2, 0) is 24.0 Å². The first-order valence-electron chi connectivity index (χ1n) is 11.6. The van der Waals surface area contributed by atoms with Crippen LogP contribution in [0.25, 0.3) is 0 Å². The minimum atomic E-state index is -1.40. The summed E-state index contributed by atoms with van der Waals surface area (Å²) in [7, 11) is 0. The van der Waals surface area contributed by atoms with Crippen LogP contribution in [0.3, 0.4) is 0 Å². The van der Waals surface area contributed by atoms with E-state index in [2.05, 4.69) is 18.2 Å². The summed E-state index contributed by atoms with van der Waals surface area (Å²) in [6.45, 7) is -0.446. The molecule has 172 valence electrons. The van der Waals surface area contributed by atoms with Crippen LogP contribution >= 0.6 is 11.6 Å². The van der Waals surface area contributed by atoms with Gasteiger partial charge in [0, 0.05) is 5.02 Å². The minimum Gasteiger partial charge on any atom is -0.394 e. The zero-order chi connectivity index (χ0) is 22.5. The molecule has 5 atom stereocenters. The lowest BCUT2D eigenvalue weighted by atomic mass is 9.59. The lowest BCUT2D eigenvalue weighted by molar-refractivity contribution is -0.231. The third kappa shape index (κ3) is 4.00. The van der Waals surface area contributed by atoms with Gasteiger partial charge in [0.25, 0.3) is 0 Å². The molecule has 2 aromatic rings. The van der Waals surface area contributed by atoms with E-state index in [1.807, 2.05) is 6.07 Å². The smallest absolute Gasteiger partial charge is 0.113 e. The molecule has 0 amide bonds. The van der Waals surface area contributed by atoms with E-state index in [0.717, 1.165) is 12.0 Å². The molecular formula is C26H31ClO5. The van der Waals surface area contributed by atoms with E-state index in [-0.39, 0.29) is 0 Å². The van der Waals surface area contributed by atoms with Gasteiger partial charge < -0.3 is 25.2 Å². The summed E-state index contributed by atoms with van der Waals surface area (Å²) in [6.07, 6.45) is 2.54. The number of aliphatic hydroxyl groups is 4. The highest BCUT2D eigenvalue weighted by molar-refractivity contribution is 6.31. The summed E-state index contributed by atoms with van der Waals surface area (Å²) in [5, 5.41) is 40.8. The van der Waals surface area contributed by atoms with Crippen LogP contribution in [0.1, 0.15) is 59.6 Å². The molecule has 5 rings (SSSR count). The van der Waals surface area contributed by atoms with Gasteiger partial charge in [-0.25, -0.2) is 0 Å². The number of hydrogen-bond donors (Lipinski definition) is 4. The highest BCUT2D eigenvalue weighted by atomic mass is 35.5. The maximum absolute atomic E-state index is 10.5. The lowest BCUT2D eigenvalue weighted by Crippen LogP contribution is -2.55. The third-order valence-electron chi connectivity index (χ3n) is 7.86. The Labute approximate surface area is 193 Å². The predicted molar refractivity (Wildman–Crippen MR) is 122 cm³/mol. The molecule has 32 heavy (non-hydrogen) atoms. The molecule has 1 saturated heterocycles. The number of fused-ring (bicyclic) bond motifs is 1. The maximum atomic E-state index is 10.5. The first-order valence-corrected chi connectivity index (χ1v) is 12.0. The van der Waals surface area contributed by atoms with Gasteiger partial charge in [-0.15, -0.1) is 0 Å². The van der Waals surface area contributed by atoms with Gasteiger partial charge in [0.1, 0.15) is 30.5 Å². The second kappa shape index (κ2) is 8.71. The maximum Gasteiger partial charge on any atom is 0.113 e. The van der Waals surface area contributed by atoms with E-state index in [9.17, 15) is 20.4 Å². The number of halogens is 1. The fourth-order valence-corrected chi connectivity index (χ4v) is 5.88. The zero-order valence-electron chi connectivity index (χ0n) is 18.1. The van der Waals surface area contributed by atoms with Crippen molar-refractivity contribution in [3.63, 3.8) is 0 Å². The summed E-state index contributed by atoms with van der Waals surface area (Å²) in [6, 6.07) is 12.2. The van der Waals surface area contributed by atoms with Crippen molar-refractivity contribution in [2.24, 2.45) is 5.41 Å². The Morgan fingerprint density at radius 1 is 0.938 bits per heavy atom. The van der Waals surface area contributed by atoms with E-state index in [1.54, 1.807) is 12.1 Å². The van der Waals surface area contributed by atoms with E-state index in [4.69, 9.17) is 16.3 Å². The van der Waals surface area contributed by atoms with Gasteiger partial charge in [0.05, 0.1) is 6.61 Å². The molecule has 1 saturated carbocycles. The molecule has 4 N–H and O–H groups in total. The number of aryl methyl sites for hydroxylation is 1. The van der Waals surface area contributed by atoms with Crippen LogP contribution in [-0.4, -0.2) is 51.4 Å². The van der Waals surface area contributed by atoms with Crippen molar-refractivity contribution in [1.29, 1.82) is 0 Å². The predicted octanol–water partition coefficient (Wildman–Crippen LogP) is 3.10. The molecule has 1 heterocycles. The van der Waals surface area contributed by atoms with Gasteiger partial charge in [-0.1, -0.05) is 48.4 Å². The Balaban J connectivity index is 1.37. The Bertz CT molecular complexity index is 986. The lowest BCUT2D eigenvalue weighted by Gasteiger charge is -2.45. The highest BCUT2D eigenvalue weighted by Crippen LogP contribution is 2.50. The van der Waals surface area contributed by atoms with Crippen molar-refractivity contribution in [3.05, 3.63) is 69.2 Å². The molecular weight excluding hydrogens is 428 g/mol. The van der Waals surface area contributed by atoms with Gasteiger partial charge in [0.15, 0.2) is 0 Å². The fourth-order valence-electron chi connectivity index (χ4n) is 5.69. The van der Waals surface area contributed by atoms with Gasteiger partial charge in [0.2, 0.25) is 0 Å². The molecule has 0 radical (unpaired) electrons. The van der Waals surface area contributed by atoms with Crippen molar-refractivity contribution in [3.8, 4) is 0 Å². The molecule has 0 bridgehead atoms. The largest absolute Gasteiger partial charge is 0.394 e. The average molecular weight is 459 g/mol. The normalized spacial score (nSPS) is 31.2. The molecule has 5 nitrogen and oxygen atoms in total. The fraction of sp³-hybridized carbons (Fsp3) is 0.538. The number of hydrogen-bond acceptors (Lipinski definition) is 5. The number of benzene rings is 2. The minimum absolute atomic E-state index is 0.446. The van der Waals surface area contributed by atoms with E-state index in [0.29, 0.717) is 22.4 Å². The zero-order valence-corrected chi connectivity index (χ0v) is 18.8. The van der Waals surface area contributed by atoms with E-state index in [1.165, 1.54) is 48.8 Å². The molecule has 0 unspecified atom stereocenters. The van der Waals surface area contributed by atoms with Gasteiger partial charge >= 0.3 is 0 Å². The first kappa shape index (κ1) is 22.3. The van der Waals surface area contributed by atoms with Crippen LogP contribution in [0.15, 0.2) is 36.4 Å². The van der Waals surface area contributed by atoms with Crippen LogP contribution < -0.4 is 0 Å². The van der Waals surface area contributed by atoms with E-state index < -0.39 is 37.1 Å². The third-order valence-corrected chi connectivity index (χ3v) is 8.23. The second-order valence-corrected chi connectivity index (χ2v) is 10.3. The molecule has 0 aromatic heterocycles. The molecule has 2 aromatic carbocycles. The van der Waals surface area contributed by atoms with Crippen molar-refractivity contribution < 1.29 is 25.2 Å². The molecule has 3 aliphatic rings. The van der Waals surface area contributed by atoms with Gasteiger partial charge in [-0.3, -0.25) is 0 Å². The van der Waals surface area contributed by atoms with Gasteiger partial charge in [-0.05, 0) is 77.8 Å². The van der Waals surface area contributed by atoms with Crippen LogP contribution in [0.5, 0.6) is 0 Å². The highest BCUT2D eigenvalue weighted by Gasteiger charge is 2.44. The van der Waals surface area contributed by atoms with Crippen molar-refractivity contribution >= 4 is 11.6 Å². The summed E-state index contributed by atoms with van der Waals surface area (Å²) < 4.78 is 5.72. The number of ether oxygens (including phenoxy) is 1. The molecule has 1 spiro atoms. The monoisotopic (exact) mass is 458 g/mol. The Hall–Kier alpha value is -1.47. The molecule has 6 heteroatoms. The summed E-state index contributed by atoms with van der Waals surface area (Å²) in [5.74, 6) is 0. The number of rotatable bonds is 4. The Kier molecular flexibility index (Phi) is 6.08. The van der Waals surface area contributed by atoms with Gasteiger partial charge in [-0.2, -0.15) is 0 Å². The van der Waals surface area contributed by atoms with Crippen LogP contribution in [0, 0.1) is 5.41 Å². The molecule has 2 aliphatic carbocycles. The van der Waals surface area contributed by atoms with Crippen LogP contribution in [0.2, 0.25) is 5.02 Å². The SMILES string of the molecule is OC[C@H]1O[C@@H](c2ccc(Cl)c(Cc3ccc4c(c3)CCC3(CCC3)C4)c2)[C@H](O)[C@@H](O)[C@@H]1O. The van der Waals surface area contributed by atoms with Crippen molar-refractivity contribution in [2.45, 2.75) is 75.5 Å². The van der Waals surface area contributed by atoms with Crippen LogP contribution in [0.4, 0.5) is 0 Å². The first-order chi connectivity index (χ1) is 15.4. The topological polar surface area (TPSA) is 90.2 Å². The van der Waals surface area contributed by atoms with Crippen molar-refractivity contribution in [2.75, 3.05) is 6.61 Å². The average Bonchev–Trinajstić information content (AvgIpc) is 2.78.